The van der Waals surface area contributed by atoms with Crippen LogP contribution in [0.5, 0.6) is 11.5 Å². The van der Waals surface area contributed by atoms with E-state index in [4.69, 9.17) is 9.47 Å². The van der Waals surface area contributed by atoms with E-state index >= 15 is 0 Å². The summed E-state index contributed by atoms with van der Waals surface area (Å²) in [7, 11) is 0. The molecule has 0 radical (unpaired) electrons. The van der Waals surface area contributed by atoms with E-state index in [-0.39, 0.29) is 24.9 Å². The number of carbonyl (C=O) groups excluding carboxylic acids is 2. The molecule has 0 spiro atoms. The Morgan fingerprint density at radius 3 is 2.73 bits per heavy atom. The molecule has 154 valence electrons. The van der Waals surface area contributed by atoms with Crippen molar-refractivity contribution in [3.63, 3.8) is 0 Å². The maximum Gasteiger partial charge on any atom is 0.278 e. The van der Waals surface area contributed by atoms with Gasteiger partial charge >= 0.3 is 0 Å². The van der Waals surface area contributed by atoms with Crippen molar-refractivity contribution in [2.75, 3.05) is 17.4 Å². The van der Waals surface area contributed by atoms with E-state index in [1.165, 1.54) is 16.8 Å². The predicted molar refractivity (Wildman–Crippen MR) is 105 cm³/mol. The first-order chi connectivity index (χ1) is 14.4. The van der Waals surface area contributed by atoms with Gasteiger partial charge in [-0.05, 0) is 43.7 Å². The van der Waals surface area contributed by atoms with E-state index in [1.807, 2.05) is 0 Å². The van der Waals surface area contributed by atoms with Gasteiger partial charge in [-0.15, -0.1) is 5.10 Å². The number of halogens is 1. The summed E-state index contributed by atoms with van der Waals surface area (Å²) in [5.74, 6) is -0.185. The van der Waals surface area contributed by atoms with Crippen molar-refractivity contribution in [3.05, 3.63) is 59.2 Å². The van der Waals surface area contributed by atoms with E-state index < -0.39 is 11.7 Å². The zero-order chi connectivity index (χ0) is 21.3. The molecule has 0 saturated carbocycles. The quantitative estimate of drug-likeness (QED) is 0.668. The van der Waals surface area contributed by atoms with Crippen LogP contribution >= 0.6 is 0 Å². The van der Waals surface area contributed by atoms with Crippen LogP contribution in [0.1, 0.15) is 21.7 Å². The number of hydrogen-bond donors (Lipinski definition) is 2. The Balaban J connectivity index is 1.43. The molecule has 1 aliphatic heterocycles. The van der Waals surface area contributed by atoms with E-state index in [2.05, 4.69) is 20.9 Å². The van der Waals surface area contributed by atoms with E-state index in [9.17, 15) is 14.0 Å². The second-order valence-electron chi connectivity index (χ2n) is 6.71. The second-order valence-corrected chi connectivity index (χ2v) is 6.71. The van der Waals surface area contributed by atoms with Gasteiger partial charge in [0.1, 0.15) is 12.4 Å². The normalized spacial score (nSPS) is 12.0. The first kappa shape index (κ1) is 19.4. The fraction of sp³-hybridized carbons (Fsp3) is 0.200. The Hall–Kier alpha value is -3.95. The van der Waals surface area contributed by atoms with Crippen LogP contribution in [0.3, 0.4) is 0 Å². The Morgan fingerprint density at radius 2 is 1.90 bits per heavy atom. The lowest BCUT2D eigenvalue weighted by Gasteiger charge is -2.08. The standard InChI is InChI=1S/C20H18FN5O4/c1-11-3-4-13(21)7-15(11)23-20(28)19-12(2)26(25-24-19)9-18(27)22-14-5-6-16-17(8-14)30-10-29-16/h3-8H,9-10H2,1-2H3,(H,22,27)(H,23,28). The number of fused-ring (bicyclic) bond motifs is 1. The molecule has 9 nitrogen and oxygen atoms in total. The van der Waals surface area contributed by atoms with Crippen molar-refractivity contribution in [1.29, 1.82) is 0 Å². The molecule has 2 heterocycles. The van der Waals surface area contributed by atoms with Crippen LogP contribution in [-0.4, -0.2) is 33.6 Å². The number of aromatic nitrogens is 3. The van der Waals surface area contributed by atoms with Gasteiger partial charge in [0.25, 0.3) is 5.91 Å². The van der Waals surface area contributed by atoms with Crippen LogP contribution in [-0.2, 0) is 11.3 Å². The third-order valence-corrected chi connectivity index (χ3v) is 4.60. The molecule has 0 saturated heterocycles. The highest BCUT2D eigenvalue weighted by Gasteiger charge is 2.19. The number of ether oxygens (including phenoxy) is 2. The molecule has 2 N–H and O–H groups in total. The van der Waals surface area contributed by atoms with Crippen LogP contribution in [0.25, 0.3) is 0 Å². The van der Waals surface area contributed by atoms with Gasteiger partial charge in [-0.25, -0.2) is 9.07 Å². The molecular formula is C20H18FN5O4. The fourth-order valence-electron chi connectivity index (χ4n) is 2.94. The van der Waals surface area contributed by atoms with Crippen LogP contribution in [0.2, 0.25) is 0 Å². The molecule has 2 amide bonds. The van der Waals surface area contributed by atoms with Gasteiger partial charge in [-0.2, -0.15) is 0 Å². The highest BCUT2D eigenvalue weighted by molar-refractivity contribution is 6.04. The molecule has 0 atom stereocenters. The number of hydrogen-bond acceptors (Lipinski definition) is 6. The molecule has 2 aromatic carbocycles. The molecule has 0 aliphatic carbocycles. The maximum absolute atomic E-state index is 13.4. The predicted octanol–water partition coefficient (Wildman–Crippen LogP) is 2.65. The lowest BCUT2D eigenvalue weighted by Crippen LogP contribution is -2.21. The Bertz CT molecular complexity index is 1140. The molecule has 10 heteroatoms. The molecule has 0 fully saturated rings. The number of nitrogens with one attached hydrogen (secondary N) is 2. The summed E-state index contributed by atoms with van der Waals surface area (Å²) >= 11 is 0. The minimum atomic E-state index is -0.538. The monoisotopic (exact) mass is 411 g/mol. The fourth-order valence-corrected chi connectivity index (χ4v) is 2.94. The average Bonchev–Trinajstić information content (AvgIpc) is 3.31. The van der Waals surface area contributed by atoms with Crippen molar-refractivity contribution in [2.24, 2.45) is 0 Å². The number of anilines is 2. The van der Waals surface area contributed by atoms with E-state index in [1.54, 1.807) is 38.1 Å². The van der Waals surface area contributed by atoms with Gasteiger partial charge in [-0.1, -0.05) is 11.3 Å². The number of nitrogens with zero attached hydrogens (tertiary/aromatic N) is 3. The third-order valence-electron chi connectivity index (χ3n) is 4.60. The maximum atomic E-state index is 13.4. The van der Waals surface area contributed by atoms with Crippen LogP contribution < -0.4 is 20.1 Å². The zero-order valence-corrected chi connectivity index (χ0v) is 16.2. The molecular weight excluding hydrogens is 393 g/mol. The second kappa shape index (κ2) is 7.82. The summed E-state index contributed by atoms with van der Waals surface area (Å²) in [5.41, 5.74) is 2.05. The lowest BCUT2D eigenvalue weighted by atomic mass is 10.2. The first-order valence-electron chi connectivity index (χ1n) is 9.08. The summed E-state index contributed by atoms with van der Waals surface area (Å²) in [4.78, 5) is 24.9. The molecule has 1 aromatic heterocycles. The molecule has 1 aliphatic rings. The SMILES string of the molecule is Cc1ccc(F)cc1NC(=O)c1nnn(CC(=O)Nc2ccc3c(c2)OCO3)c1C. The Kier molecular flexibility index (Phi) is 5.05. The van der Waals surface area contributed by atoms with Gasteiger partial charge < -0.3 is 20.1 Å². The summed E-state index contributed by atoms with van der Waals surface area (Å²) in [5, 5.41) is 13.1. The van der Waals surface area contributed by atoms with Crippen molar-refractivity contribution in [1.82, 2.24) is 15.0 Å². The molecule has 30 heavy (non-hydrogen) atoms. The van der Waals surface area contributed by atoms with E-state index in [0.29, 0.717) is 34.1 Å². The summed E-state index contributed by atoms with van der Waals surface area (Å²) in [6.45, 7) is 3.38. The number of carbonyl (C=O) groups is 2. The lowest BCUT2D eigenvalue weighted by molar-refractivity contribution is -0.117. The smallest absolute Gasteiger partial charge is 0.278 e. The summed E-state index contributed by atoms with van der Waals surface area (Å²) < 4.78 is 25.3. The van der Waals surface area contributed by atoms with Crippen molar-refractivity contribution in [2.45, 2.75) is 20.4 Å². The van der Waals surface area contributed by atoms with Crippen LogP contribution in [0.15, 0.2) is 36.4 Å². The molecule has 0 unspecified atom stereocenters. The summed E-state index contributed by atoms with van der Waals surface area (Å²) in [6.07, 6.45) is 0. The van der Waals surface area contributed by atoms with Gasteiger partial charge in [0, 0.05) is 17.4 Å². The van der Waals surface area contributed by atoms with E-state index in [0.717, 1.165) is 0 Å². The summed E-state index contributed by atoms with van der Waals surface area (Å²) in [6, 6.07) is 9.16. The Morgan fingerprint density at radius 1 is 1.10 bits per heavy atom. The van der Waals surface area contributed by atoms with Crippen molar-refractivity contribution < 1.29 is 23.5 Å². The molecule has 3 aromatic rings. The van der Waals surface area contributed by atoms with Crippen LogP contribution in [0, 0.1) is 19.7 Å². The van der Waals surface area contributed by atoms with Crippen molar-refractivity contribution >= 4 is 23.2 Å². The number of amides is 2. The Labute approximate surface area is 170 Å². The average molecular weight is 411 g/mol. The first-order valence-corrected chi connectivity index (χ1v) is 9.08. The largest absolute Gasteiger partial charge is 0.454 e. The van der Waals surface area contributed by atoms with Crippen molar-refractivity contribution in [3.8, 4) is 11.5 Å². The molecule has 4 rings (SSSR count). The third kappa shape index (κ3) is 3.93. The minimum absolute atomic E-state index is 0.0505. The topological polar surface area (TPSA) is 107 Å². The highest BCUT2D eigenvalue weighted by Crippen LogP contribution is 2.34. The highest BCUT2D eigenvalue weighted by atomic mass is 19.1. The van der Waals surface area contributed by atoms with Crippen LogP contribution in [0.4, 0.5) is 15.8 Å². The number of rotatable bonds is 5. The van der Waals surface area contributed by atoms with Gasteiger partial charge in [0.15, 0.2) is 17.2 Å². The van der Waals surface area contributed by atoms with Gasteiger partial charge in [0.2, 0.25) is 12.7 Å². The van der Waals surface area contributed by atoms with Gasteiger partial charge in [-0.3, -0.25) is 9.59 Å². The number of benzene rings is 2. The minimum Gasteiger partial charge on any atom is -0.454 e. The zero-order valence-electron chi connectivity index (χ0n) is 16.2. The van der Waals surface area contributed by atoms with Gasteiger partial charge in [0.05, 0.1) is 5.69 Å². The number of aryl methyl sites for hydroxylation is 1. The molecule has 0 bridgehead atoms.